The van der Waals surface area contributed by atoms with Gasteiger partial charge in [-0.15, -0.1) is 0 Å². The maximum absolute atomic E-state index is 12.1. The fraction of sp³-hybridized carbons (Fsp3) is 0.720. The molecule has 1 N–H and O–H groups in total. The molecule has 0 saturated heterocycles. The number of benzene rings is 1. The molecule has 1 aromatic rings. The van der Waals surface area contributed by atoms with Crippen LogP contribution in [0.25, 0.3) is 0 Å². The molecule has 1 heterocycles. The summed E-state index contributed by atoms with van der Waals surface area (Å²) in [5, 5.41) is 0. The Kier molecular flexibility index (Phi) is 4.66. The number of nitrogens with one attached hydrogen (secondary N) is 1. The van der Waals surface area contributed by atoms with Crippen LogP contribution in [0.2, 0.25) is 0 Å². The van der Waals surface area contributed by atoms with Crippen molar-refractivity contribution in [2.45, 2.75) is 77.7 Å². The molecular weight excluding hydrogens is 426 g/mol. The van der Waals surface area contributed by atoms with Crippen LogP contribution in [0.3, 0.4) is 0 Å². The van der Waals surface area contributed by atoms with Gasteiger partial charge in [0.1, 0.15) is 11.5 Å². The molecule has 5 unspecified atom stereocenters. The minimum absolute atomic E-state index is 0.0524. The van der Waals surface area contributed by atoms with Crippen molar-refractivity contribution in [1.82, 2.24) is 4.72 Å². The fourth-order valence-corrected chi connectivity index (χ4v) is 9.23. The van der Waals surface area contributed by atoms with E-state index in [-0.39, 0.29) is 28.3 Å². The molecular formula is C25H35NO5S. The molecule has 0 bridgehead atoms. The summed E-state index contributed by atoms with van der Waals surface area (Å²) in [6.45, 7) is 9.26. The van der Waals surface area contributed by atoms with Crippen LogP contribution in [-0.4, -0.2) is 33.8 Å². The van der Waals surface area contributed by atoms with Crippen molar-refractivity contribution in [3.8, 4) is 11.5 Å². The van der Waals surface area contributed by atoms with Gasteiger partial charge in [-0.05, 0) is 60.8 Å². The zero-order chi connectivity index (χ0) is 23.3. The number of hydrogen-bond acceptors (Lipinski definition) is 5. The Hall–Kier alpha value is -1.60. The average Bonchev–Trinajstić information content (AvgIpc) is 3.20. The second kappa shape index (κ2) is 6.72. The van der Waals surface area contributed by atoms with E-state index < -0.39 is 10.0 Å². The van der Waals surface area contributed by atoms with E-state index in [1.54, 1.807) is 7.11 Å². The molecule has 5 atom stereocenters. The maximum Gasteiger partial charge on any atom is 0.315 e. The quantitative estimate of drug-likeness (QED) is 0.548. The van der Waals surface area contributed by atoms with Crippen LogP contribution in [0.15, 0.2) is 6.07 Å². The van der Waals surface area contributed by atoms with E-state index in [0.29, 0.717) is 18.3 Å². The summed E-state index contributed by atoms with van der Waals surface area (Å²) in [4.78, 5) is 12.1. The number of methoxy groups -OCH3 is 1. The highest BCUT2D eigenvalue weighted by Gasteiger charge is 2.64. The Bertz CT molecular complexity index is 1110. The molecule has 176 valence electrons. The standard InChI is InChI=1S/C25H35NO5S/c1-23(2)17-7-9-25(4)18(24(17,3)10-8-19(23)26-32(6,28)29)13-15-21(25)16(30-5)11-14-12-20(27)31-22(14)15/h11,17-19,26H,7-10,12-13H2,1-6H3. The van der Waals surface area contributed by atoms with E-state index in [1.165, 1.54) is 11.8 Å². The van der Waals surface area contributed by atoms with E-state index >= 15 is 0 Å². The summed E-state index contributed by atoms with van der Waals surface area (Å²) in [7, 11) is -1.54. The van der Waals surface area contributed by atoms with Gasteiger partial charge in [0.2, 0.25) is 10.0 Å². The van der Waals surface area contributed by atoms with E-state index in [9.17, 15) is 13.2 Å². The van der Waals surface area contributed by atoms with Crippen LogP contribution >= 0.6 is 0 Å². The van der Waals surface area contributed by atoms with Crippen molar-refractivity contribution in [2.24, 2.45) is 22.7 Å². The lowest BCUT2D eigenvalue weighted by Gasteiger charge is -2.63. The van der Waals surface area contributed by atoms with Gasteiger partial charge in [0.05, 0.1) is 19.8 Å². The van der Waals surface area contributed by atoms with Crippen LogP contribution in [-0.2, 0) is 33.1 Å². The van der Waals surface area contributed by atoms with Crippen LogP contribution in [0.5, 0.6) is 11.5 Å². The highest BCUT2D eigenvalue weighted by atomic mass is 32.2. The molecule has 2 fully saturated rings. The monoisotopic (exact) mass is 461 g/mol. The van der Waals surface area contributed by atoms with Gasteiger partial charge in [-0.1, -0.05) is 27.7 Å². The lowest BCUT2D eigenvalue weighted by molar-refractivity contribution is -0.131. The third-order valence-electron chi connectivity index (χ3n) is 9.61. The predicted molar refractivity (Wildman–Crippen MR) is 122 cm³/mol. The van der Waals surface area contributed by atoms with Crippen molar-refractivity contribution in [3.05, 3.63) is 22.8 Å². The van der Waals surface area contributed by atoms with Crippen molar-refractivity contribution < 1.29 is 22.7 Å². The molecule has 5 rings (SSSR count). The first-order valence-electron chi connectivity index (χ1n) is 11.7. The van der Waals surface area contributed by atoms with Gasteiger partial charge in [-0.25, -0.2) is 13.1 Å². The highest BCUT2D eigenvalue weighted by molar-refractivity contribution is 7.88. The summed E-state index contributed by atoms with van der Waals surface area (Å²) in [5.74, 6) is 2.26. The molecule has 3 aliphatic carbocycles. The zero-order valence-corrected chi connectivity index (χ0v) is 20.8. The van der Waals surface area contributed by atoms with E-state index in [4.69, 9.17) is 9.47 Å². The minimum atomic E-state index is -3.26. The molecule has 32 heavy (non-hydrogen) atoms. The second-order valence-electron chi connectivity index (χ2n) is 11.6. The normalized spacial score (nSPS) is 37.2. The Balaban J connectivity index is 1.58. The van der Waals surface area contributed by atoms with Gasteiger partial charge >= 0.3 is 5.97 Å². The molecule has 0 spiro atoms. The molecule has 0 amide bonds. The summed E-state index contributed by atoms with van der Waals surface area (Å²) in [5.41, 5.74) is 3.19. The summed E-state index contributed by atoms with van der Waals surface area (Å²) in [6, 6.07) is 1.96. The molecule has 2 saturated carbocycles. The molecule has 6 nitrogen and oxygen atoms in total. The Labute approximate surface area is 191 Å². The van der Waals surface area contributed by atoms with Gasteiger partial charge in [0, 0.05) is 28.1 Å². The van der Waals surface area contributed by atoms with E-state index in [2.05, 4.69) is 32.4 Å². The number of hydrogen-bond donors (Lipinski definition) is 1. The van der Waals surface area contributed by atoms with Crippen molar-refractivity contribution in [3.63, 3.8) is 0 Å². The van der Waals surface area contributed by atoms with Gasteiger partial charge in [0.15, 0.2) is 0 Å². The lowest BCUT2D eigenvalue weighted by atomic mass is 9.43. The minimum Gasteiger partial charge on any atom is -0.496 e. The number of ether oxygens (including phenoxy) is 2. The van der Waals surface area contributed by atoms with E-state index in [0.717, 1.165) is 54.7 Å². The number of carbonyl (C=O) groups excluding carboxylic acids is 1. The highest BCUT2D eigenvalue weighted by Crippen LogP contribution is 2.69. The molecule has 1 aliphatic heterocycles. The maximum atomic E-state index is 12.1. The third kappa shape index (κ3) is 2.92. The van der Waals surface area contributed by atoms with Crippen LogP contribution in [0.1, 0.15) is 70.1 Å². The molecule has 4 aliphatic rings. The first kappa shape index (κ1) is 22.2. The second-order valence-corrected chi connectivity index (χ2v) is 13.4. The molecule has 0 aromatic heterocycles. The van der Waals surface area contributed by atoms with Crippen molar-refractivity contribution in [2.75, 3.05) is 13.4 Å². The molecule has 0 radical (unpaired) electrons. The summed E-state index contributed by atoms with van der Waals surface area (Å²) < 4.78 is 38.6. The molecule has 7 heteroatoms. The largest absolute Gasteiger partial charge is 0.496 e. The zero-order valence-electron chi connectivity index (χ0n) is 20.0. The number of fused-ring (bicyclic) bond motifs is 7. The fourth-order valence-electron chi connectivity index (χ4n) is 8.29. The van der Waals surface area contributed by atoms with Gasteiger partial charge in [-0.2, -0.15) is 0 Å². The van der Waals surface area contributed by atoms with Crippen LogP contribution in [0, 0.1) is 22.7 Å². The number of esters is 1. The van der Waals surface area contributed by atoms with Gasteiger partial charge in [0.25, 0.3) is 0 Å². The average molecular weight is 462 g/mol. The first-order valence-corrected chi connectivity index (χ1v) is 13.6. The van der Waals surface area contributed by atoms with Crippen molar-refractivity contribution in [1.29, 1.82) is 0 Å². The Morgan fingerprint density at radius 3 is 2.50 bits per heavy atom. The number of sulfonamides is 1. The first-order chi connectivity index (χ1) is 14.8. The topological polar surface area (TPSA) is 81.7 Å². The number of rotatable bonds is 3. The number of carbonyl (C=O) groups is 1. The van der Waals surface area contributed by atoms with Crippen molar-refractivity contribution >= 4 is 16.0 Å². The van der Waals surface area contributed by atoms with Gasteiger partial charge in [-0.3, -0.25) is 4.79 Å². The van der Waals surface area contributed by atoms with Gasteiger partial charge < -0.3 is 9.47 Å². The Morgan fingerprint density at radius 1 is 1.12 bits per heavy atom. The van der Waals surface area contributed by atoms with Crippen LogP contribution < -0.4 is 14.2 Å². The lowest BCUT2D eigenvalue weighted by Crippen LogP contribution is -2.61. The Morgan fingerprint density at radius 2 is 1.84 bits per heavy atom. The molecule has 1 aromatic carbocycles. The van der Waals surface area contributed by atoms with E-state index in [1.807, 2.05) is 6.07 Å². The SMILES string of the molecule is COc1cc2c(c3c1C1(C)CCC4C(C)(C)C(NS(C)(=O)=O)CCC4(C)C1C3)OC(=O)C2. The third-order valence-corrected chi connectivity index (χ3v) is 10.3. The summed E-state index contributed by atoms with van der Waals surface area (Å²) >= 11 is 0. The van der Waals surface area contributed by atoms with Crippen LogP contribution in [0.4, 0.5) is 0 Å². The predicted octanol–water partition coefficient (Wildman–Crippen LogP) is 3.74. The smallest absolute Gasteiger partial charge is 0.315 e. The summed E-state index contributed by atoms with van der Waals surface area (Å²) in [6.07, 6.45) is 6.32.